The Morgan fingerprint density at radius 1 is 0.229 bits per heavy atom. The van der Waals surface area contributed by atoms with Crippen LogP contribution in [-0.2, 0) is 0 Å². The number of rotatable bonds is 6. The first kappa shape index (κ1) is 31.1. The van der Waals surface area contributed by atoms with E-state index in [0.717, 1.165) is 73.5 Å². The third kappa shape index (κ3) is 7.71. The second-order valence-electron chi connectivity index (χ2n) is 12.2. The summed E-state index contributed by atoms with van der Waals surface area (Å²) in [5.41, 5.74) is 0. The molecule has 240 valence electrons. The minimum absolute atomic E-state index is 0.0313. The summed E-state index contributed by atoms with van der Waals surface area (Å²) in [6.45, 7) is 0. The normalized spacial score (nSPS) is 23.8. The zero-order valence-electron chi connectivity index (χ0n) is 26.5. The fourth-order valence-corrected chi connectivity index (χ4v) is 7.03. The highest BCUT2D eigenvalue weighted by molar-refractivity contribution is 5.14. The number of hydrogen-bond donors (Lipinski definition) is 0. The highest BCUT2D eigenvalue weighted by atomic mass is 14.9. The van der Waals surface area contributed by atoms with Gasteiger partial charge in [0.2, 0.25) is 0 Å². The summed E-state index contributed by atoms with van der Waals surface area (Å²) in [6, 6.07) is 11.1. The first-order chi connectivity index (χ1) is 23.8. The van der Waals surface area contributed by atoms with E-state index in [1.807, 2.05) is 111 Å². The Morgan fingerprint density at radius 2 is 0.354 bits per heavy atom. The molecule has 6 aromatic rings. The molecule has 0 N–H and O–H groups in total. The van der Waals surface area contributed by atoms with Gasteiger partial charge in [0, 0.05) is 110 Å². The van der Waals surface area contributed by atoms with Crippen LogP contribution in [0.1, 0.15) is 109 Å². The molecule has 1 fully saturated rings. The maximum Gasteiger partial charge on any atom is 0.131 e. The topological polar surface area (TPSA) is 155 Å². The smallest absolute Gasteiger partial charge is 0.131 e. The van der Waals surface area contributed by atoms with Crippen molar-refractivity contribution in [1.29, 1.82) is 0 Å². The summed E-state index contributed by atoms with van der Waals surface area (Å²) >= 11 is 0. The van der Waals surface area contributed by atoms with Crippen molar-refractivity contribution in [3.63, 3.8) is 0 Å². The van der Waals surface area contributed by atoms with E-state index in [0.29, 0.717) is 0 Å². The molecule has 0 unspecified atom stereocenters. The van der Waals surface area contributed by atoms with Crippen molar-refractivity contribution in [2.45, 2.75) is 74.0 Å². The highest BCUT2D eigenvalue weighted by Crippen LogP contribution is 2.46. The molecule has 0 aliphatic heterocycles. The van der Waals surface area contributed by atoms with Gasteiger partial charge in [-0.05, 0) is 74.9 Å². The number of aromatic nitrogens is 12. The second-order valence-corrected chi connectivity index (χ2v) is 12.2. The Morgan fingerprint density at radius 3 is 0.479 bits per heavy atom. The van der Waals surface area contributed by atoms with Crippen LogP contribution in [0.25, 0.3) is 0 Å². The van der Waals surface area contributed by atoms with Crippen molar-refractivity contribution >= 4 is 0 Å². The van der Waals surface area contributed by atoms with Crippen LogP contribution in [0.15, 0.2) is 111 Å². The number of hydrogen-bond acceptors (Lipinski definition) is 12. The quantitative estimate of drug-likeness (QED) is 0.217. The van der Waals surface area contributed by atoms with E-state index in [1.54, 1.807) is 0 Å². The lowest BCUT2D eigenvalue weighted by Crippen LogP contribution is -2.23. The molecule has 0 atom stereocenters. The molecule has 12 nitrogen and oxygen atoms in total. The van der Waals surface area contributed by atoms with Crippen molar-refractivity contribution in [3.8, 4) is 0 Å². The van der Waals surface area contributed by atoms with Gasteiger partial charge in [0.05, 0.1) is 0 Å². The maximum atomic E-state index is 4.77. The van der Waals surface area contributed by atoms with Gasteiger partial charge < -0.3 is 0 Å². The van der Waals surface area contributed by atoms with Gasteiger partial charge in [0.25, 0.3) is 0 Å². The van der Waals surface area contributed by atoms with Crippen molar-refractivity contribution in [2.24, 2.45) is 0 Å². The van der Waals surface area contributed by atoms with Gasteiger partial charge in [-0.2, -0.15) is 0 Å². The molecule has 48 heavy (non-hydrogen) atoms. The molecular weight excluding hydrogens is 600 g/mol. The van der Waals surface area contributed by atoms with Gasteiger partial charge in [0.15, 0.2) is 0 Å². The molecule has 0 spiro atoms. The van der Waals surface area contributed by atoms with E-state index in [1.165, 1.54) is 0 Å². The van der Waals surface area contributed by atoms with Crippen LogP contribution in [0.3, 0.4) is 0 Å². The summed E-state index contributed by atoms with van der Waals surface area (Å²) in [6.07, 6.45) is 26.1. The van der Waals surface area contributed by atoms with E-state index in [-0.39, 0.29) is 35.5 Å². The zero-order valence-corrected chi connectivity index (χ0v) is 26.5. The van der Waals surface area contributed by atoms with Crippen molar-refractivity contribution in [1.82, 2.24) is 59.8 Å². The molecule has 0 radical (unpaired) electrons. The molecule has 0 aromatic carbocycles. The van der Waals surface area contributed by atoms with E-state index >= 15 is 0 Å². The first-order valence-electron chi connectivity index (χ1n) is 16.4. The zero-order chi connectivity index (χ0) is 32.4. The molecule has 0 saturated heterocycles. The lowest BCUT2D eigenvalue weighted by molar-refractivity contribution is 0.325. The summed E-state index contributed by atoms with van der Waals surface area (Å²) in [7, 11) is 0. The summed E-state index contributed by atoms with van der Waals surface area (Å²) in [5, 5.41) is 0. The monoisotopic (exact) mass is 636 g/mol. The van der Waals surface area contributed by atoms with E-state index in [9.17, 15) is 0 Å². The predicted octanol–water partition coefficient (Wildman–Crippen LogP) is 5.78. The predicted molar refractivity (Wildman–Crippen MR) is 176 cm³/mol. The number of nitrogens with zero attached hydrogens (tertiary/aromatic N) is 12. The molecule has 0 bridgehead atoms. The van der Waals surface area contributed by atoms with Gasteiger partial charge in [-0.15, -0.1) is 0 Å². The molecule has 1 saturated carbocycles. The Kier molecular flexibility index (Phi) is 9.96. The average Bonchev–Trinajstić information content (AvgIpc) is 3.17. The summed E-state index contributed by atoms with van der Waals surface area (Å²) in [5.74, 6) is 4.52. The fraction of sp³-hybridized carbons (Fsp3) is 0.333. The molecule has 12 heteroatoms. The van der Waals surface area contributed by atoms with Crippen LogP contribution < -0.4 is 0 Å². The molecule has 1 aliphatic rings. The molecule has 1 aliphatic carbocycles. The Balaban J connectivity index is 1.38. The minimum Gasteiger partial charge on any atom is -0.241 e. The Bertz CT molecular complexity index is 1440. The van der Waals surface area contributed by atoms with Gasteiger partial charge in [-0.25, -0.2) is 59.8 Å². The van der Waals surface area contributed by atoms with Gasteiger partial charge in [-0.1, -0.05) is 0 Å². The van der Waals surface area contributed by atoms with Crippen molar-refractivity contribution < 1.29 is 0 Å². The van der Waals surface area contributed by atoms with Crippen LogP contribution in [0.5, 0.6) is 0 Å². The minimum atomic E-state index is -0.0313. The lowest BCUT2D eigenvalue weighted by atomic mass is 9.74. The summed E-state index contributed by atoms with van der Waals surface area (Å²) in [4.78, 5) is 57.3. The molecule has 0 amide bonds. The molecular formula is C36H36N12. The van der Waals surface area contributed by atoms with Crippen LogP contribution in [-0.4, -0.2) is 59.8 Å². The highest BCUT2D eigenvalue weighted by Gasteiger charge is 2.36. The Hall–Kier alpha value is -5.52. The van der Waals surface area contributed by atoms with Crippen LogP contribution in [0.2, 0.25) is 0 Å². The third-order valence-electron chi connectivity index (χ3n) is 9.12. The van der Waals surface area contributed by atoms with E-state index < -0.39 is 0 Å². The molecule has 6 heterocycles. The van der Waals surface area contributed by atoms with Gasteiger partial charge in [-0.3, -0.25) is 0 Å². The maximum absolute atomic E-state index is 4.77. The Labute approximate surface area is 279 Å². The van der Waals surface area contributed by atoms with Crippen molar-refractivity contribution in [2.75, 3.05) is 0 Å². The van der Waals surface area contributed by atoms with Gasteiger partial charge in [0.1, 0.15) is 34.9 Å². The fourth-order valence-electron chi connectivity index (χ4n) is 7.03. The van der Waals surface area contributed by atoms with E-state index in [2.05, 4.69) is 0 Å². The third-order valence-corrected chi connectivity index (χ3v) is 9.12. The van der Waals surface area contributed by atoms with E-state index in [4.69, 9.17) is 59.8 Å². The average molecular weight is 637 g/mol. The van der Waals surface area contributed by atoms with Crippen LogP contribution in [0, 0.1) is 0 Å². The van der Waals surface area contributed by atoms with Crippen LogP contribution in [0.4, 0.5) is 0 Å². The van der Waals surface area contributed by atoms with Crippen molar-refractivity contribution in [3.05, 3.63) is 146 Å². The standard InChI is InChI=1S/C36H36N12/c1-7-37-31(38-8-1)25-19-26(32-39-9-2-10-40-32)21-28(34-43-13-4-14-44-34)23-30(36-47-17-6-18-48-36)24-29(35-45-15-5-16-46-35)22-27(20-25)33-41-11-3-12-42-33/h1-18,25-30H,19-24H2. The van der Waals surface area contributed by atoms with Gasteiger partial charge >= 0.3 is 0 Å². The van der Waals surface area contributed by atoms with Crippen LogP contribution >= 0.6 is 0 Å². The lowest BCUT2D eigenvalue weighted by Gasteiger charge is -2.32. The SMILES string of the molecule is c1cnc(C2CC(c3ncccn3)CC(c3ncccn3)CC(c3ncccn3)CC(c3ncccn3)CC(c3ncccn3)C2)nc1. The molecule has 6 aromatic heterocycles. The molecule has 7 rings (SSSR count). The largest absolute Gasteiger partial charge is 0.241 e. The summed E-state index contributed by atoms with van der Waals surface area (Å²) < 4.78 is 0. The first-order valence-corrected chi connectivity index (χ1v) is 16.4. The second kappa shape index (κ2) is 15.4.